The van der Waals surface area contributed by atoms with Crippen LogP contribution in [0.1, 0.15) is 75.6 Å². The fraction of sp³-hybridized carbons (Fsp3) is 0.297. The third kappa shape index (κ3) is 5.62. The first-order valence-electron chi connectivity index (χ1n) is 15.2. The van der Waals surface area contributed by atoms with E-state index in [0.29, 0.717) is 23.3 Å². The molecule has 0 radical (unpaired) electrons. The maximum Gasteiger partial charge on any atom is 0.227 e. The van der Waals surface area contributed by atoms with Crippen molar-refractivity contribution in [3.8, 4) is 34.4 Å². The van der Waals surface area contributed by atoms with Gasteiger partial charge in [-0.3, -0.25) is 0 Å². The molecule has 6 rings (SSSR count). The second-order valence-electron chi connectivity index (χ2n) is 11.9. The van der Waals surface area contributed by atoms with E-state index in [-0.39, 0.29) is 5.41 Å². The molecule has 6 nitrogen and oxygen atoms in total. The highest BCUT2D eigenvalue weighted by Gasteiger charge is 2.26. The maximum atomic E-state index is 10.3. The molecule has 43 heavy (non-hydrogen) atoms. The first-order chi connectivity index (χ1) is 20.8. The van der Waals surface area contributed by atoms with E-state index in [0.717, 1.165) is 94.1 Å². The van der Waals surface area contributed by atoms with Gasteiger partial charge in [0, 0.05) is 16.5 Å². The summed E-state index contributed by atoms with van der Waals surface area (Å²) < 4.78 is 12.3. The molecule has 0 aliphatic rings. The summed E-state index contributed by atoms with van der Waals surface area (Å²) in [6.45, 7) is 8.67. The van der Waals surface area contributed by atoms with E-state index < -0.39 is 0 Å². The lowest BCUT2D eigenvalue weighted by Gasteiger charge is -2.26. The van der Waals surface area contributed by atoms with Gasteiger partial charge in [-0.25, -0.2) is 9.97 Å². The minimum absolute atomic E-state index is 0.313. The van der Waals surface area contributed by atoms with Crippen molar-refractivity contribution in [2.24, 2.45) is 0 Å². The molecule has 0 fully saturated rings. The van der Waals surface area contributed by atoms with Crippen molar-refractivity contribution in [2.45, 2.75) is 71.6 Å². The number of unbranched alkanes of at least 4 members (excludes halogenated alkanes) is 2. The number of aryl methyl sites for hydroxylation is 2. The third-order valence-corrected chi connectivity index (χ3v) is 8.47. The van der Waals surface area contributed by atoms with Crippen molar-refractivity contribution in [3.63, 3.8) is 0 Å². The molecule has 2 N–H and O–H groups in total. The topological polar surface area (TPSA) is 92.5 Å². The molecule has 0 unspecified atom stereocenters. The van der Waals surface area contributed by atoms with Gasteiger partial charge in [-0.05, 0) is 109 Å². The minimum Gasteiger partial charge on any atom is -0.508 e. The molecule has 0 amide bonds. The van der Waals surface area contributed by atoms with Gasteiger partial charge >= 0.3 is 0 Å². The Bertz CT molecular complexity index is 1780. The van der Waals surface area contributed by atoms with Gasteiger partial charge in [-0.15, -0.1) is 0 Å². The number of nitrogens with zero attached hydrogens (tertiary/aromatic N) is 2. The zero-order valence-corrected chi connectivity index (χ0v) is 25.3. The molecule has 0 atom stereocenters. The molecule has 220 valence electrons. The number of hydrogen-bond donors (Lipinski definition) is 2. The second-order valence-corrected chi connectivity index (χ2v) is 11.9. The van der Waals surface area contributed by atoms with Crippen LogP contribution in [0.5, 0.6) is 11.5 Å². The molecule has 2 aromatic heterocycles. The van der Waals surface area contributed by atoms with Crippen molar-refractivity contribution < 1.29 is 19.0 Å². The molecule has 6 aromatic rings. The van der Waals surface area contributed by atoms with Crippen LogP contribution >= 0.6 is 0 Å². The SMILES string of the molecule is CCCCc1cc(-c2nc3cc(C(C)(C)c4ccc5oc(-c6ccc(O)c(CCCC)c6)nc5c4)ccc3o2)ccc1O. The Hall–Kier alpha value is -4.58. The monoisotopic (exact) mass is 574 g/mol. The van der Waals surface area contributed by atoms with Crippen LogP contribution in [0.25, 0.3) is 45.1 Å². The van der Waals surface area contributed by atoms with E-state index in [4.69, 9.17) is 18.8 Å². The van der Waals surface area contributed by atoms with E-state index in [1.165, 1.54) is 0 Å². The standard InChI is InChI=1S/C37H38N2O4/c1-5-7-9-23-19-25(11-15-31(23)40)35-38-29-21-27(13-17-33(29)42-35)37(3,4)28-14-18-34-30(22-28)39-36(43-34)26-12-16-32(41)24(20-26)10-8-6-2/h11-22,40-41H,5-10H2,1-4H3. The third-order valence-electron chi connectivity index (χ3n) is 8.47. The Balaban J connectivity index is 1.30. The highest BCUT2D eigenvalue weighted by atomic mass is 16.4. The number of hydrogen-bond acceptors (Lipinski definition) is 6. The van der Waals surface area contributed by atoms with Crippen molar-refractivity contribution in [1.29, 1.82) is 0 Å². The van der Waals surface area contributed by atoms with Gasteiger partial charge in [0.15, 0.2) is 11.2 Å². The lowest BCUT2D eigenvalue weighted by atomic mass is 9.78. The summed E-state index contributed by atoms with van der Waals surface area (Å²) in [4.78, 5) is 9.65. The van der Waals surface area contributed by atoms with Gasteiger partial charge in [0.1, 0.15) is 22.5 Å². The van der Waals surface area contributed by atoms with Crippen LogP contribution < -0.4 is 0 Å². The van der Waals surface area contributed by atoms with Gasteiger partial charge in [0.2, 0.25) is 11.8 Å². The van der Waals surface area contributed by atoms with Gasteiger partial charge in [-0.2, -0.15) is 0 Å². The molecule has 6 heteroatoms. The Morgan fingerprint density at radius 3 is 1.47 bits per heavy atom. The normalized spacial score (nSPS) is 12.0. The predicted octanol–water partition coefficient (Wildman–Crippen LogP) is 9.73. The average molecular weight is 575 g/mol. The molecule has 0 bridgehead atoms. The summed E-state index contributed by atoms with van der Waals surface area (Å²) in [6.07, 6.45) is 5.80. The number of aromatic nitrogens is 2. The zero-order valence-electron chi connectivity index (χ0n) is 25.3. The number of benzene rings is 4. The molecule has 2 heterocycles. The summed E-state index contributed by atoms with van der Waals surface area (Å²) in [5.74, 6) is 1.72. The molecule has 0 saturated carbocycles. The lowest BCUT2D eigenvalue weighted by Crippen LogP contribution is -2.18. The number of fused-ring (bicyclic) bond motifs is 2. The number of phenolic OH excluding ortho intramolecular Hbond substituents is 2. The van der Waals surface area contributed by atoms with Crippen molar-refractivity contribution in [3.05, 3.63) is 95.1 Å². The number of aromatic hydroxyl groups is 2. The summed E-state index contributed by atoms with van der Waals surface area (Å²) in [5, 5.41) is 20.6. The first kappa shape index (κ1) is 28.5. The molecular weight excluding hydrogens is 536 g/mol. The van der Waals surface area contributed by atoms with Crippen molar-refractivity contribution >= 4 is 22.2 Å². The van der Waals surface area contributed by atoms with Crippen LogP contribution in [0.2, 0.25) is 0 Å². The van der Waals surface area contributed by atoms with Crippen LogP contribution in [-0.4, -0.2) is 20.2 Å². The summed E-state index contributed by atoms with van der Waals surface area (Å²) in [7, 11) is 0. The molecule has 0 aliphatic heterocycles. The fourth-order valence-electron chi connectivity index (χ4n) is 5.62. The number of oxazole rings is 2. The second kappa shape index (κ2) is 11.6. The van der Waals surface area contributed by atoms with Gasteiger partial charge in [0.05, 0.1) is 0 Å². The molecule has 0 spiro atoms. The van der Waals surface area contributed by atoms with Gasteiger partial charge in [0.25, 0.3) is 0 Å². The van der Waals surface area contributed by atoms with E-state index in [1.54, 1.807) is 12.1 Å². The molecule has 0 aliphatic carbocycles. The van der Waals surface area contributed by atoms with Crippen LogP contribution in [0.3, 0.4) is 0 Å². The van der Waals surface area contributed by atoms with Crippen LogP contribution in [0.4, 0.5) is 0 Å². The Morgan fingerprint density at radius 1 is 0.605 bits per heavy atom. The quantitative estimate of drug-likeness (QED) is 0.169. The van der Waals surface area contributed by atoms with Crippen LogP contribution in [0, 0.1) is 0 Å². The Morgan fingerprint density at radius 2 is 1.05 bits per heavy atom. The summed E-state index contributed by atoms with van der Waals surface area (Å²) >= 11 is 0. The highest BCUT2D eigenvalue weighted by Crippen LogP contribution is 2.37. The Labute approximate surface area is 252 Å². The molecule has 4 aromatic carbocycles. The maximum absolute atomic E-state index is 10.3. The highest BCUT2D eigenvalue weighted by molar-refractivity contribution is 5.80. The van der Waals surface area contributed by atoms with Crippen molar-refractivity contribution in [1.82, 2.24) is 9.97 Å². The van der Waals surface area contributed by atoms with E-state index in [2.05, 4.69) is 52.0 Å². The number of phenols is 2. The minimum atomic E-state index is -0.335. The average Bonchev–Trinajstić information content (AvgIpc) is 3.64. The summed E-state index contributed by atoms with van der Waals surface area (Å²) in [5.41, 5.74) is 8.46. The predicted molar refractivity (Wildman–Crippen MR) is 172 cm³/mol. The Kier molecular flexibility index (Phi) is 7.70. The molecular formula is C37H38N2O4. The fourth-order valence-corrected chi connectivity index (χ4v) is 5.62. The van der Waals surface area contributed by atoms with E-state index in [1.807, 2.05) is 36.4 Å². The lowest BCUT2D eigenvalue weighted by molar-refractivity contribution is 0.466. The van der Waals surface area contributed by atoms with Crippen LogP contribution in [0.15, 0.2) is 81.6 Å². The van der Waals surface area contributed by atoms with E-state index >= 15 is 0 Å². The largest absolute Gasteiger partial charge is 0.508 e. The van der Waals surface area contributed by atoms with Gasteiger partial charge < -0.3 is 19.0 Å². The van der Waals surface area contributed by atoms with Crippen LogP contribution in [-0.2, 0) is 18.3 Å². The van der Waals surface area contributed by atoms with Crippen molar-refractivity contribution in [2.75, 3.05) is 0 Å². The zero-order chi connectivity index (χ0) is 30.1. The van der Waals surface area contributed by atoms with E-state index in [9.17, 15) is 10.2 Å². The number of rotatable bonds is 10. The summed E-state index contributed by atoms with van der Waals surface area (Å²) in [6, 6.07) is 23.4. The first-order valence-corrected chi connectivity index (χ1v) is 15.2. The smallest absolute Gasteiger partial charge is 0.227 e. The molecule has 0 saturated heterocycles. The van der Waals surface area contributed by atoms with Gasteiger partial charge in [-0.1, -0.05) is 52.7 Å².